The number of hydrogen-bond donors (Lipinski definition) is 0. The second-order valence-electron chi connectivity index (χ2n) is 3.67. The van der Waals surface area contributed by atoms with Crippen molar-refractivity contribution >= 4 is 37.5 Å². The number of nitro benzene ring substituents is 1. The molecule has 2 aromatic carbocycles. The van der Waals surface area contributed by atoms with Crippen LogP contribution in [0.3, 0.4) is 0 Å². The van der Waals surface area contributed by atoms with Gasteiger partial charge in [-0.2, -0.15) is 0 Å². The molecular weight excluding hydrogens is 404 g/mol. The van der Waals surface area contributed by atoms with Crippen molar-refractivity contribution in [3.05, 3.63) is 61.0 Å². The Balaban J connectivity index is 2.44. The maximum Gasteiger partial charge on any atom is 0.314 e. The van der Waals surface area contributed by atoms with E-state index in [1.807, 2.05) is 0 Å². The van der Waals surface area contributed by atoms with Gasteiger partial charge in [0.2, 0.25) is 5.75 Å². The zero-order valence-electron chi connectivity index (χ0n) is 9.57. The first-order valence-electron chi connectivity index (χ1n) is 5.15. The second kappa shape index (κ2) is 5.84. The predicted octanol–water partition coefficient (Wildman–Crippen LogP) is 5.19. The minimum Gasteiger partial charge on any atom is -0.450 e. The summed E-state index contributed by atoms with van der Waals surface area (Å²) in [6, 6.07) is 5.66. The third-order valence-electron chi connectivity index (χ3n) is 2.32. The van der Waals surface area contributed by atoms with Crippen LogP contribution in [0.2, 0.25) is 0 Å². The maximum atomic E-state index is 13.3. The molecule has 20 heavy (non-hydrogen) atoms. The topological polar surface area (TPSA) is 52.4 Å². The van der Waals surface area contributed by atoms with E-state index in [2.05, 4.69) is 31.9 Å². The molecule has 8 heteroatoms. The van der Waals surface area contributed by atoms with Crippen LogP contribution in [0.4, 0.5) is 14.5 Å². The molecule has 0 bridgehead atoms. The molecule has 0 saturated carbocycles. The summed E-state index contributed by atoms with van der Waals surface area (Å²) in [4.78, 5) is 10.1. The first-order chi connectivity index (χ1) is 9.38. The van der Waals surface area contributed by atoms with Gasteiger partial charge in [0.1, 0.15) is 17.4 Å². The van der Waals surface area contributed by atoms with Crippen molar-refractivity contribution in [2.75, 3.05) is 0 Å². The van der Waals surface area contributed by atoms with E-state index in [0.29, 0.717) is 0 Å². The molecule has 0 aromatic heterocycles. The Labute approximate surface area is 128 Å². The standard InChI is InChI=1S/C12H5Br2F2NO3/c13-7-3-6(1-2-9(7)15)20-12-4-8(14)10(16)5-11(12)17(18)19/h1-5H. The number of nitrogens with zero attached hydrogens (tertiary/aromatic N) is 1. The first kappa shape index (κ1) is 14.9. The van der Waals surface area contributed by atoms with Gasteiger partial charge in [-0.1, -0.05) is 0 Å². The van der Waals surface area contributed by atoms with Crippen LogP contribution in [0.1, 0.15) is 0 Å². The van der Waals surface area contributed by atoms with Crippen molar-refractivity contribution in [2.45, 2.75) is 0 Å². The van der Waals surface area contributed by atoms with E-state index in [1.165, 1.54) is 12.1 Å². The number of rotatable bonds is 3. The lowest BCUT2D eigenvalue weighted by atomic mass is 10.3. The molecule has 0 unspecified atom stereocenters. The second-order valence-corrected chi connectivity index (χ2v) is 5.38. The molecule has 0 amide bonds. The molecule has 0 spiro atoms. The largest absolute Gasteiger partial charge is 0.450 e. The van der Waals surface area contributed by atoms with E-state index in [9.17, 15) is 18.9 Å². The van der Waals surface area contributed by atoms with Crippen LogP contribution in [0.25, 0.3) is 0 Å². The summed E-state index contributed by atoms with van der Waals surface area (Å²) in [5, 5.41) is 10.9. The molecule has 0 N–H and O–H groups in total. The van der Waals surface area contributed by atoms with Gasteiger partial charge >= 0.3 is 5.69 Å². The molecule has 0 aliphatic heterocycles. The molecule has 104 valence electrons. The molecular formula is C12H5Br2F2NO3. The number of hydrogen-bond acceptors (Lipinski definition) is 3. The summed E-state index contributed by atoms with van der Waals surface area (Å²) in [6.07, 6.45) is 0. The molecule has 0 aliphatic rings. The smallest absolute Gasteiger partial charge is 0.314 e. The lowest BCUT2D eigenvalue weighted by molar-refractivity contribution is -0.385. The van der Waals surface area contributed by atoms with Gasteiger partial charge in [-0.3, -0.25) is 10.1 Å². The van der Waals surface area contributed by atoms with Crippen molar-refractivity contribution in [2.24, 2.45) is 0 Å². The molecule has 4 nitrogen and oxygen atoms in total. The maximum absolute atomic E-state index is 13.3. The summed E-state index contributed by atoms with van der Waals surface area (Å²) >= 11 is 5.90. The van der Waals surface area contributed by atoms with Gasteiger partial charge in [0.25, 0.3) is 0 Å². The normalized spacial score (nSPS) is 10.4. The Morgan fingerprint density at radius 1 is 1.05 bits per heavy atom. The SMILES string of the molecule is O=[N+]([O-])c1cc(F)c(Br)cc1Oc1ccc(F)c(Br)c1. The molecule has 2 rings (SSSR count). The van der Waals surface area contributed by atoms with E-state index < -0.39 is 22.2 Å². The molecule has 0 saturated heterocycles. The van der Waals surface area contributed by atoms with Crippen LogP contribution >= 0.6 is 31.9 Å². The Bertz CT molecular complexity index is 695. The summed E-state index contributed by atoms with van der Waals surface area (Å²) in [5.74, 6) is -1.24. The third kappa shape index (κ3) is 3.13. The van der Waals surface area contributed by atoms with Crippen LogP contribution in [0.15, 0.2) is 39.3 Å². The number of ether oxygens (including phenoxy) is 1. The highest BCUT2D eigenvalue weighted by molar-refractivity contribution is 9.10. The van der Waals surface area contributed by atoms with E-state index in [1.54, 1.807) is 0 Å². The fraction of sp³-hybridized carbons (Fsp3) is 0. The fourth-order valence-corrected chi connectivity index (χ4v) is 2.09. The highest BCUT2D eigenvalue weighted by Gasteiger charge is 2.20. The van der Waals surface area contributed by atoms with Gasteiger partial charge in [0, 0.05) is 6.07 Å². The highest BCUT2D eigenvalue weighted by atomic mass is 79.9. The van der Waals surface area contributed by atoms with Crippen LogP contribution in [0.5, 0.6) is 11.5 Å². The van der Waals surface area contributed by atoms with Gasteiger partial charge < -0.3 is 4.74 Å². The zero-order valence-corrected chi connectivity index (χ0v) is 12.7. The minimum absolute atomic E-state index is 0.0271. The van der Waals surface area contributed by atoms with Crippen molar-refractivity contribution in [1.82, 2.24) is 0 Å². The van der Waals surface area contributed by atoms with Gasteiger partial charge in [0.15, 0.2) is 0 Å². The summed E-state index contributed by atoms with van der Waals surface area (Å²) in [7, 11) is 0. The molecule has 0 fully saturated rings. The Morgan fingerprint density at radius 2 is 1.70 bits per heavy atom. The van der Waals surface area contributed by atoms with Crippen molar-refractivity contribution in [3.63, 3.8) is 0 Å². The number of halogens is 4. The predicted molar refractivity (Wildman–Crippen MR) is 74.9 cm³/mol. The molecule has 0 heterocycles. The minimum atomic E-state index is -0.774. The van der Waals surface area contributed by atoms with Crippen LogP contribution in [-0.2, 0) is 0 Å². The summed E-state index contributed by atoms with van der Waals surface area (Å²) in [5.41, 5.74) is -0.522. The quantitative estimate of drug-likeness (QED) is 0.518. The Hall–Kier alpha value is -1.54. The molecule has 0 aliphatic carbocycles. The average molecular weight is 409 g/mol. The Morgan fingerprint density at radius 3 is 2.30 bits per heavy atom. The zero-order chi connectivity index (χ0) is 14.9. The van der Waals surface area contributed by atoms with E-state index in [-0.39, 0.29) is 20.4 Å². The van der Waals surface area contributed by atoms with Crippen molar-refractivity contribution < 1.29 is 18.4 Å². The van der Waals surface area contributed by atoms with Gasteiger partial charge in [0.05, 0.1) is 19.9 Å². The molecule has 0 atom stereocenters. The van der Waals surface area contributed by atoms with Gasteiger partial charge in [-0.05, 0) is 50.1 Å². The van der Waals surface area contributed by atoms with E-state index >= 15 is 0 Å². The Kier molecular flexibility index (Phi) is 4.34. The fourth-order valence-electron chi connectivity index (χ4n) is 1.41. The summed E-state index contributed by atoms with van der Waals surface area (Å²) < 4.78 is 31.9. The van der Waals surface area contributed by atoms with Crippen molar-refractivity contribution in [1.29, 1.82) is 0 Å². The highest BCUT2D eigenvalue weighted by Crippen LogP contribution is 2.36. The number of nitro groups is 1. The lowest BCUT2D eigenvalue weighted by Gasteiger charge is -2.08. The lowest BCUT2D eigenvalue weighted by Crippen LogP contribution is -1.95. The monoisotopic (exact) mass is 407 g/mol. The van der Waals surface area contributed by atoms with E-state index in [4.69, 9.17) is 4.74 Å². The first-order valence-corrected chi connectivity index (χ1v) is 6.73. The van der Waals surface area contributed by atoms with Crippen LogP contribution in [-0.4, -0.2) is 4.92 Å². The third-order valence-corrected chi connectivity index (χ3v) is 3.53. The summed E-state index contributed by atoms with van der Waals surface area (Å²) in [6.45, 7) is 0. The van der Waals surface area contributed by atoms with Crippen LogP contribution in [0, 0.1) is 21.7 Å². The average Bonchev–Trinajstić information content (AvgIpc) is 2.37. The molecule has 2 aromatic rings. The van der Waals surface area contributed by atoms with E-state index in [0.717, 1.165) is 18.2 Å². The van der Waals surface area contributed by atoms with Gasteiger partial charge in [-0.15, -0.1) is 0 Å². The van der Waals surface area contributed by atoms with Crippen molar-refractivity contribution in [3.8, 4) is 11.5 Å². The number of benzene rings is 2. The van der Waals surface area contributed by atoms with Crippen LogP contribution < -0.4 is 4.74 Å². The molecule has 0 radical (unpaired) electrons. The van der Waals surface area contributed by atoms with Gasteiger partial charge in [-0.25, -0.2) is 8.78 Å².